The van der Waals surface area contributed by atoms with Crippen LogP contribution in [0.15, 0.2) is 24.3 Å². The van der Waals surface area contributed by atoms with E-state index >= 15 is 0 Å². The number of urea groups is 1. The molecule has 0 atom stereocenters. The Balaban J connectivity index is 1.89. The minimum absolute atomic E-state index is 0.0777. The standard InChI is InChI=1S/C24H35N5O/c1-17(2)15-22-25-19(4)21(16-20-9-7-18(3)8-10-20)23(26-22)28-11-13-29(14-12-28)24(30)27(5)6/h7-10,17H,11-16H2,1-6H3. The molecule has 6 nitrogen and oxygen atoms in total. The average Bonchev–Trinajstić information content (AvgIpc) is 2.70. The first kappa shape index (κ1) is 22.1. The second-order valence-electron chi connectivity index (χ2n) is 8.94. The monoisotopic (exact) mass is 409 g/mol. The SMILES string of the molecule is Cc1ccc(Cc2c(C)nc(CC(C)C)nc2N2CCN(C(=O)N(C)C)CC2)cc1. The number of aryl methyl sites for hydroxylation is 2. The summed E-state index contributed by atoms with van der Waals surface area (Å²) in [5.74, 6) is 2.46. The largest absolute Gasteiger partial charge is 0.353 e. The van der Waals surface area contributed by atoms with Gasteiger partial charge in [0.25, 0.3) is 0 Å². The Morgan fingerprint density at radius 1 is 1.03 bits per heavy atom. The van der Waals surface area contributed by atoms with Crippen LogP contribution in [0.4, 0.5) is 10.6 Å². The van der Waals surface area contributed by atoms with E-state index in [-0.39, 0.29) is 6.03 Å². The van der Waals surface area contributed by atoms with E-state index < -0.39 is 0 Å². The van der Waals surface area contributed by atoms with Crippen LogP contribution in [0.2, 0.25) is 0 Å². The van der Waals surface area contributed by atoms with E-state index in [1.54, 1.807) is 19.0 Å². The Labute approximate surface area is 180 Å². The molecule has 2 aromatic rings. The third-order valence-corrected chi connectivity index (χ3v) is 5.56. The number of hydrogen-bond acceptors (Lipinski definition) is 4. The number of carbonyl (C=O) groups is 1. The van der Waals surface area contributed by atoms with Crippen molar-refractivity contribution in [1.82, 2.24) is 19.8 Å². The third kappa shape index (κ3) is 5.29. The lowest BCUT2D eigenvalue weighted by Crippen LogP contribution is -2.52. The van der Waals surface area contributed by atoms with Crippen molar-refractivity contribution in [1.29, 1.82) is 0 Å². The molecule has 0 unspecified atom stereocenters. The molecule has 2 amide bonds. The quantitative estimate of drug-likeness (QED) is 0.756. The molecular formula is C24H35N5O. The number of anilines is 1. The summed E-state index contributed by atoms with van der Waals surface area (Å²) in [5, 5.41) is 0. The van der Waals surface area contributed by atoms with Gasteiger partial charge in [0.2, 0.25) is 0 Å². The molecule has 6 heteroatoms. The first-order valence-electron chi connectivity index (χ1n) is 10.9. The minimum atomic E-state index is 0.0777. The van der Waals surface area contributed by atoms with Crippen LogP contribution in [0.5, 0.6) is 0 Å². The highest BCUT2D eigenvalue weighted by atomic mass is 16.2. The second-order valence-corrected chi connectivity index (χ2v) is 8.94. The van der Waals surface area contributed by atoms with Crippen molar-refractivity contribution in [3.05, 3.63) is 52.5 Å². The Hall–Kier alpha value is -2.63. The van der Waals surface area contributed by atoms with Gasteiger partial charge in [0.1, 0.15) is 11.6 Å². The first-order valence-corrected chi connectivity index (χ1v) is 10.9. The molecule has 30 heavy (non-hydrogen) atoms. The Kier molecular flexibility index (Phi) is 6.95. The summed E-state index contributed by atoms with van der Waals surface area (Å²) in [5.41, 5.74) is 4.79. The highest BCUT2D eigenvalue weighted by molar-refractivity contribution is 5.74. The van der Waals surface area contributed by atoms with E-state index in [1.165, 1.54) is 16.7 Å². The maximum Gasteiger partial charge on any atom is 0.319 e. The molecule has 0 saturated carbocycles. The highest BCUT2D eigenvalue weighted by Crippen LogP contribution is 2.26. The predicted molar refractivity (Wildman–Crippen MR) is 122 cm³/mol. The number of hydrogen-bond donors (Lipinski definition) is 0. The van der Waals surface area contributed by atoms with E-state index in [0.29, 0.717) is 19.0 Å². The number of piperazine rings is 1. The number of carbonyl (C=O) groups excluding carboxylic acids is 1. The fraction of sp³-hybridized carbons (Fsp3) is 0.542. The van der Waals surface area contributed by atoms with Gasteiger partial charge < -0.3 is 14.7 Å². The van der Waals surface area contributed by atoms with Gasteiger partial charge in [0.15, 0.2) is 0 Å². The van der Waals surface area contributed by atoms with E-state index in [9.17, 15) is 4.79 Å². The van der Waals surface area contributed by atoms with Crippen molar-refractivity contribution in [2.24, 2.45) is 5.92 Å². The molecule has 0 aliphatic carbocycles. The molecule has 1 aliphatic rings. The summed E-state index contributed by atoms with van der Waals surface area (Å²) in [6.07, 6.45) is 1.69. The van der Waals surface area contributed by atoms with Crippen LogP contribution in [0.1, 0.15) is 42.1 Å². The topological polar surface area (TPSA) is 52.6 Å². The zero-order valence-corrected chi connectivity index (χ0v) is 19.3. The fourth-order valence-electron chi connectivity index (χ4n) is 3.87. The molecule has 162 valence electrons. The molecular weight excluding hydrogens is 374 g/mol. The lowest BCUT2D eigenvalue weighted by atomic mass is 10.0. The van der Waals surface area contributed by atoms with Gasteiger partial charge in [-0.2, -0.15) is 0 Å². The van der Waals surface area contributed by atoms with Gasteiger partial charge in [-0.25, -0.2) is 14.8 Å². The molecule has 2 heterocycles. The summed E-state index contributed by atoms with van der Waals surface area (Å²) in [4.78, 5) is 28.1. The molecule has 1 aromatic heterocycles. The average molecular weight is 410 g/mol. The molecule has 1 saturated heterocycles. The number of benzene rings is 1. The molecule has 0 N–H and O–H groups in total. The summed E-state index contributed by atoms with van der Waals surface area (Å²) in [7, 11) is 3.61. The lowest BCUT2D eigenvalue weighted by molar-refractivity contribution is 0.168. The summed E-state index contributed by atoms with van der Waals surface area (Å²) in [6.45, 7) is 11.6. The minimum Gasteiger partial charge on any atom is -0.353 e. The van der Waals surface area contributed by atoms with Crippen LogP contribution in [0.3, 0.4) is 0 Å². The number of amides is 2. The normalized spacial score (nSPS) is 14.4. The van der Waals surface area contributed by atoms with Gasteiger partial charge in [-0.3, -0.25) is 0 Å². The number of rotatable bonds is 5. The summed E-state index contributed by atoms with van der Waals surface area (Å²) < 4.78 is 0. The van der Waals surface area contributed by atoms with Crippen LogP contribution in [0, 0.1) is 19.8 Å². The van der Waals surface area contributed by atoms with Gasteiger partial charge in [-0.15, -0.1) is 0 Å². The zero-order chi connectivity index (χ0) is 21.8. The van der Waals surface area contributed by atoms with Crippen molar-refractivity contribution in [3.8, 4) is 0 Å². The summed E-state index contributed by atoms with van der Waals surface area (Å²) >= 11 is 0. The number of nitrogens with zero attached hydrogens (tertiary/aromatic N) is 5. The van der Waals surface area contributed by atoms with Crippen LogP contribution in [-0.2, 0) is 12.8 Å². The van der Waals surface area contributed by atoms with Crippen molar-refractivity contribution in [2.45, 2.75) is 40.5 Å². The van der Waals surface area contributed by atoms with Crippen molar-refractivity contribution >= 4 is 11.8 Å². The van der Waals surface area contributed by atoms with Crippen LogP contribution < -0.4 is 4.90 Å². The third-order valence-electron chi connectivity index (χ3n) is 5.56. The maximum atomic E-state index is 12.3. The van der Waals surface area contributed by atoms with Crippen LogP contribution in [0.25, 0.3) is 0 Å². The van der Waals surface area contributed by atoms with E-state index in [2.05, 4.69) is 56.9 Å². The zero-order valence-electron chi connectivity index (χ0n) is 19.3. The molecule has 0 spiro atoms. The van der Waals surface area contributed by atoms with Crippen LogP contribution in [-0.4, -0.2) is 66.1 Å². The lowest BCUT2D eigenvalue weighted by Gasteiger charge is -2.37. The summed E-state index contributed by atoms with van der Waals surface area (Å²) in [6, 6.07) is 8.77. The van der Waals surface area contributed by atoms with Gasteiger partial charge in [0.05, 0.1) is 0 Å². The Morgan fingerprint density at radius 2 is 1.67 bits per heavy atom. The second kappa shape index (κ2) is 9.45. The Bertz CT molecular complexity index is 868. The highest BCUT2D eigenvalue weighted by Gasteiger charge is 2.26. The van der Waals surface area contributed by atoms with E-state index in [4.69, 9.17) is 9.97 Å². The van der Waals surface area contributed by atoms with E-state index in [0.717, 1.165) is 43.3 Å². The molecule has 1 fully saturated rings. The van der Waals surface area contributed by atoms with Gasteiger partial charge in [0, 0.05) is 64.4 Å². The first-order chi connectivity index (χ1) is 14.2. The fourth-order valence-corrected chi connectivity index (χ4v) is 3.87. The molecule has 1 aromatic carbocycles. The predicted octanol–water partition coefficient (Wildman–Crippen LogP) is 3.69. The van der Waals surface area contributed by atoms with Gasteiger partial charge in [-0.05, 0) is 25.3 Å². The molecule has 3 rings (SSSR count). The maximum absolute atomic E-state index is 12.3. The molecule has 1 aliphatic heterocycles. The van der Waals surface area contributed by atoms with E-state index in [1.807, 2.05) is 4.90 Å². The molecule has 0 bridgehead atoms. The van der Waals surface area contributed by atoms with Crippen molar-refractivity contribution in [2.75, 3.05) is 45.2 Å². The van der Waals surface area contributed by atoms with Gasteiger partial charge in [-0.1, -0.05) is 43.7 Å². The van der Waals surface area contributed by atoms with Crippen LogP contribution >= 0.6 is 0 Å². The smallest absolute Gasteiger partial charge is 0.319 e. The number of aromatic nitrogens is 2. The van der Waals surface area contributed by atoms with Crippen molar-refractivity contribution in [3.63, 3.8) is 0 Å². The van der Waals surface area contributed by atoms with Crippen molar-refractivity contribution < 1.29 is 4.79 Å². The molecule has 0 radical (unpaired) electrons. The Morgan fingerprint density at radius 3 is 2.23 bits per heavy atom. The van der Waals surface area contributed by atoms with Gasteiger partial charge >= 0.3 is 6.03 Å².